The maximum atomic E-state index is 8.81. The van der Waals surface area contributed by atoms with Gasteiger partial charge in [0.1, 0.15) is 0 Å². The van der Waals surface area contributed by atoms with Crippen molar-refractivity contribution in [1.29, 1.82) is 5.26 Å². The quantitative estimate of drug-likeness (QED) is 0.577. The number of hydrogen-bond acceptors (Lipinski definition) is 4. The van der Waals surface area contributed by atoms with E-state index in [1.54, 1.807) is 7.11 Å². The number of nitrogens with zero attached hydrogens (tertiary/aromatic N) is 1. The Bertz CT molecular complexity index is 200. The highest BCUT2D eigenvalue weighted by molar-refractivity contribution is 4.91. The van der Waals surface area contributed by atoms with E-state index in [1.165, 1.54) is 0 Å². The van der Waals surface area contributed by atoms with Crippen molar-refractivity contribution >= 4 is 0 Å². The Hall–Kier alpha value is -0.630. The molecule has 0 spiro atoms. The Balaban J connectivity index is 3.14. The molecule has 0 heterocycles. The van der Waals surface area contributed by atoms with Gasteiger partial charge in [0.2, 0.25) is 0 Å². The molecule has 0 aliphatic heterocycles. The zero-order chi connectivity index (χ0) is 12.3. The van der Waals surface area contributed by atoms with Crippen molar-refractivity contribution in [3.63, 3.8) is 0 Å². The molecule has 0 saturated carbocycles. The summed E-state index contributed by atoms with van der Waals surface area (Å²) < 4.78 is 10.2. The van der Waals surface area contributed by atoms with Gasteiger partial charge in [-0.15, -0.1) is 0 Å². The summed E-state index contributed by atoms with van der Waals surface area (Å²) in [6.45, 7) is 7.83. The van der Waals surface area contributed by atoms with Gasteiger partial charge in [-0.25, -0.2) is 0 Å². The number of hydrogen-bond donors (Lipinski definition) is 1. The average Bonchev–Trinajstić information content (AvgIpc) is 2.27. The van der Waals surface area contributed by atoms with E-state index in [0.717, 1.165) is 32.5 Å². The fraction of sp³-hybridized carbons (Fsp3) is 0.917. The number of rotatable bonds is 10. The predicted molar refractivity (Wildman–Crippen MR) is 64.2 cm³/mol. The minimum absolute atomic E-state index is 0.220. The number of nitriles is 1. The van der Waals surface area contributed by atoms with Crippen LogP contribution >= 0.6 is 0 Å². The van der Waals surface area contributed by atoms with Crippen molar-refractivity contribution in [3.8, 4) is 6.07 Å². The van der Waals surface area contributed by atoms with Gasteiger partial charge in [-0.2, -0.15) is 5.26 Å². The second-order valence-electron chi connectivity index (χ2n) is 4.45. The monoisotopic (exact) mass is 228 g/mol. The molecule has 0 bridgehead atoms. The van der Waals surface area contributed by atoms with E-state index in [-0.39, 0.29) is 5.41 Å². The summed E-state index contributed by atoms with van der Waals surface area (Å²) >= 11 is 0. The Morgan fingerprint density at radius 2 is 1.94 bits per heavy atom. The number of nitrogens with one attached hydrogen (secondary N) is 1. The van der Waals surface area contributed by atoms with Gasteiger partial charge >= 0.3 is 0 Å². The first-order valence-corrected chi connectivity index (χ1v) is 5.81. The fourth-order valence-corrected chi connectivity index (χ4v) is 1.13. The number of methoxy groups -OCH3 is 1. The van der Waals surface area contributed by atoms with E-state index in [0.29, 0.717) is 13.2 Å². The van der Waals surface area contributed by atoms with Crippen LogP contribution in [-0.2, 0) is 9.47 Å². The third kappa shape index (κ3) is 9.91. The van der Waals surface area contributed by atoms with E-state index >= 15 is 0 Å². The van der Waals surface area contributed by atoms with Gasteiger partial charge < -0.3 is 14.8 Å². The zero-order valence-electron chi connectivity index (χ0n) is 10.7. The molecule has 0 aromatic rings. The lowest BCUT2D eigenvalue weighted by Crippen LogP contribution is -2.23. The van der Waals surface area contributed by atoms with Crippen LogP contribution in [-0.4, -0.2) is 40.0 Å². The molecule has 0 aromatic carbocycles. The molecule has 0 unspecified atom stereocenters. The molecule has 0 rings (SSSR count). The Labute approximate surface area is 98.9 Å². The maximum Gasteiger partial charge on any atom is 0.0700 e. The van der Waals surface area contributed by atoms with Gasteiger partial charge in [0.25, 0.3) is 0 Å². The highest BCUT2D eigenvalue weighted by atomic mass is 16.5. The maximum absolute atomic E-state index is 8.81. The molecule has 1 N–H and O–H groups in total. The van der Waals surface area contributed by atoms with Crippen molar-refractivity contribution in [2.75, 3.05) is 40.0 Å². The summed E-state index contributed by atoms with van der Waals surface area (Å²) in [6, 6.07) is 2.29. The normalized spacial score (nSPS) is 11.4. The Kier molecular flexibility index (Phi) is 9.21. The van der Waals surface area contributed by atoms with Crippen molar-refractivity contribution < 1.29 is 9.47 Å². The molecule has 0 fully saturated rings. The molecule has 0 aliphatic rings. The van der Waals surface area contributed by atoms with E-state index < -0.39 is 0 Å². The third-order valence-electron chi connectivity index (χ3n) is 2.30. The minimum atomic E-state index is -0.220. The minimum Gasteiger partial charge on any atom is -0.382 e. The summed E-state index contributed by atoms with van der Waals surface area (Å²) in [6.07, 6.45) is 1.88. The molecule has 4 heteroatoms. The first-order chi connectivity index (χ1) is 7.62. The molecule has 0 aliphatic carbocycles. The summed E-state index contributed by atoms with van der Waals surface area (Å²) in [5, 5.41) is 12.1. The summed E-state index contributed by atoms with van der Waals surface area (Å²) in [5.74, 6) is 0. The molecule has 0 saturated heterocycles. The van der Waals surface area contributed by atoms with Crippen LogP contribution in [0.5, 0.6) is 0 Å². The van der Waals surface area contributed by atoms with Gasteiger partial charge in [-0.05, 0) is 39.8 Å². The lowest BCUT2D eigenvalue weighted by atomic mass is 9.91. The van der Waals surface area contributed by atoms with Crippen LogP contribution in [0.2, 0.25) is 0 Å². The molecule has 0 amide bonds. The van der Waals surface area contributed by atoms with Crippen LogP contribution in [0.15, 0.2) is 0 Å². The van der Waals surface area contributed by atoms with Gasteiger partial charge in [0.15, 0.2) is 0 Å². The van der Waals surface area contributed by atoms with Gasteiger partial charge in [-0.3, -0.25) is 0 Å². The second-order valence-corrected chi connectivity index (χ2v) is 4.45. The van der Waals surface area contributed by atoms with Gasteiger partial charge in [0, 0.05) is 13.7 Å². The molecular formula is C12H24N2O2. The van der Waals surface area contributed by atoms with E-state index in [9.17, 15) is 0 Å². The van der Waals surface area contributed by atoms with Crippen LogP contribution in [0.1, 0.15) is 26.7 Å². The first-order valence-electron chi connectivity index (χ1n) is 5.81. The van der Waals surface area contributed by atoms with Crippen LogP contribution in [0.25, 0.3) is 0 Å². The lowest BCUT2D eigenvalue weighted by Gasteiger charge is -2.14. The largest absolute Gasteiger partial charge is 0.382 e. The zero-order valence-corrected chi connectivity index (χ0v) is 10.7. The molecular weight excluding hydrogens is 204 g/mol. The van der Waals surface area contributed by atoms with Gasteiger partial charge in [-0.1, -0.05) is 0 Å². The standard InChI is InChI=1S/C12H24N2O2/c1-12(2,11-13)5-7-14-6-4-8-16-10-9-15-3/h14H,4-10H2,1-3H3. The third-order valence-corrected chi connectivity index (χ3v) is 2.30. The second kappa shape index (κ2) is 9.59. The lowest BCUT2D eigenvalue weighted by molar-refractivity contribution is 0.0695. The SMILES string of the molecule is COCCOCCCNCCC(C)(C)C#N. The van der Waals surface area contributed by atoms with Crippen LogP contribution in [0, 0.1) is 16.7 Å². The van der Waals surface area contributed by atoms with Crippen LogP contribution < -0.4 is 5.32 Å². The molecule has 94 valence electrons. The highest BCUT2D eigenvalue weighted by Crippen LogP contribution is 2.16. The van der Waals surface area contributed by atoms with Crippen molar-refractivity contribution in [2.24, 2.45) is 5.41 Å². The summed E-state index contributed by atoms with van der Waals surface area (Å²) in [7, 11) is 1.67. The highest BCUT2D eigenvalue weighted by Gasteiger charge is 2.14. The fourth-order valence-electron chi connectivity index (χ4n) is 1.13. The summed E-state index contributed by atoms with van der Waals surface area (Å²) in [5.41, 5.74) is -0.220. The van der Waals surface area contributed by atoms with E-state index in [4.69, 9.17) is 14.7 Å². The summed E-state index contributed by atoms with van der Waals surface area (Å²) in [4.78, 5) is 0. The topological polar surface area (TPSA) is 54.3 Å². The number of ether oxygens (including phenoxy) is 2. The smallest absolute Gasteiger partial charge is 0.0700 e. The Morgan fingerprint density at radius 1 is 1.19 bits per heavy atom. The average molecular weight is 228 g/mol. The first kappa shape index (κ1) is 15.4. The van der Waals surface area contributed by atoms with E-state index in [1.807, 2.05) is 13.8 Å². The predicted octanol–water partition coefficient (Wildman–Crippen LogP) is 1.57. The molecule has 0 atom stereocenters. The molecule has 0 aromatic heterocycles. The van der Waals surface area contributed by atoms with E-state index in [2.05, 4.69) is 11.4 Å². The van der Waals surface area contributed by atoms with Crippen molar-refractivity contribution in [3.05, 3.63) is 0 Å². The van der Waals surface area contributed by atoms with Crippen molar-refractivity contribution in [1.82, 2.24) is 5.32 Å². The van der Waals surface area contributed by atoms with Crippen LogP contribution in [0.4, 0.5) is 0 Å². The van der Waals surface area contributed by atoms with Crippen LogP contribution in [0.3, 0.4) is 0 Å². The Morgan fingerprint density at radius 3 is 2.56 bits per heavy atom. The molecule has 4 nitrogen and oxygen atoms in total. The van der Waals surface area contributed by atoms with Crippen molar-refractivity contribution in [2.45, 2.75) is 26.7 Å². The molecule has 16 heavy (non-hydrogen) atoms. The molecule has 0 radical (unpaired) electrons. The van der Waals surface area contributed by atoms with Gasteiger partial charge in [0.05, 0.1) is 24.7 Å².